The molecule has 1 aliphatic heterocycles. The van der Waals surface area contributed by atoms with E-state index in [1.54, 1.807) is 18.2 Å². The Kier molecular flexibility index (Phi) is 6.14. The molecule has 0 aromatic heterocycles. The number of carbonyl (C=O) groups excluding carboxylic acids is 1. The normalized spacial score (nSPS) is 18.3. The van der Waals surface area contributed by atoms with E-state index in [0.717, 1.165) is 41.0 Å². The molecule has 0 radical (unpaired) electrons. The van der Waals surface area contributed by atoms with Crippen LogP contribution in [-0.4, -0.2) is 62.8 Å². The van der Waals surface area contributed by atoms with Crippen LogP contribution < -0.4 is 5.32 Å². The molecule has 2 aromatic carbocycles. The Morgan fingerprint density at radius 2 is 1.96 bits per heavy atom. The maximum atomic E-state index is 12.8. The number of hydrogen-bond acceptors (Lipinski definition) is 4. The summed E-state index contributed by atoms with van der Waals surface area (Å²) in [6.07, 6.45) is 2.21. The molecule has 3 rings (SSSR count). The molecule has 6 nitrogen and oxygen atoms in total. The third-order valence-electron chi connectivity index (χ3n) is 5.24. The van der Waals surface area contributed by atoms with E-state index in [4.69, 9.17) is 0 Å². The van der Waals surface area contributed by atoms with Gasteiger partial charge >= 0.3 is 0 Å². The lowest BCUT2D eigenvalue weighted by atomic mass is 10.1. The molecular formula is C20H27N3O3S. The summed E-state index contributed by atoms with van der Waals surface area (Å²) in [5, 5.41) is 4.73. The van der Waals surface area contributed by atoms with Crippen LogP contribution in [0, 0.1) is 0 Å². The predicted molar refractivity (Wildman–Crippen MR) is 107 cm³/mol. The Bertz CT molecular complexity index is 914. The second kappa shape index (κ2) is 8.37. The van der Waals surface area contributed by atoms with Gasteiger partial charge in [0.1, 0.15) is 0 Å². The minimum Gasteiger partial charge on any atom is -0.353 e. The second-order valence-corrected chi connectivity index (χ2v) is 9.04. The van der Waals surface area contributed by atoms with E-state index in [0.29, 0.717) is 12.6 Å². The van der Waals surface area contributed by atoms with Crippen LogP contribution in [0.15, 0.2) is 47.4 Å². The second-order valence-electron chi connectivity index (χ2n) is 7.00. The van der Waals surface area contributed by atoms with Gasteiger partial charge in [0.25, 0.3) is 0 Å². The van der Waals surface area contributed by atoms with Crippen molar-refractivity contribution in [3.8, 4) is 0 Å². The first kappa shape index (κ1) is 19.8. The van der Waals surface area contributed by atoms with E-state index in [2.05, 4.69) is 17.1 Å². The molecule has 0 saturated carbocycles. The van der Waals surface area contributed by atoms with Crippen molar-refractivity contribution < 1.29 is 13.2 Å². The fourth-order valence-electron chi connectivity index (χ4n) is 3.63. The first-order valence-corrected chi connectivity index (χ1v) is 10.8. The number of fused-ring (bicyclic) bond motifs is 1. The Hall–Kier alpha value is -1.96. The summed E-state index contributed by atoms with van der Waals surface area (Å²) in [7, 11) is -2.27. The van der Waals surface area contributed by atoms with Gasteiger partial charge < -0.3 is 5.32 Å². The smallest absolute Gasteiger partial charge is 0.243 e. The van der Waals surface area contributed by atoms with Crippen LogP contribution in [0.2, 0.25) is 0 Å². The molecule has 1 N–H and O–H groups in total. The first-order valence-electron chi connectivity index (χ1n) is 9.37. The third-order valence-corrected chi connectivity index (χ3v) is 7.03. The summed E-state index contributed by atoms with van der Waals surface area (Å²) in [4.78, 5) is 14.8. The molecule has 7 heteroatoms. The Morgan fingerprint density at radius 3 is 2.70 bits per heavy atom. The van der Waals surface area contributed by atoms with Gasteiger partial charge in [0, 0.05) is 19.6 Å². The highest BCUT2D eigenvalue weighted by Crippen LogP contribution is 2.21. The summed E-state index contributed by atoms with van der Waals surface area (Å²) in [6.45, 7) is 4.53. The van der Waals surface area contributed by atoms with Crippen molar-refractivity contribution >= 4 is 26.7 Å². The molecule has 1 atom stereocenters. The van der Waals surface area contributed by atoms with Gasteiger partial charge in [-0.3, -0.25) is 9.69 Å². The number of nitrogens with zero attached hydrogens (tertiary/aromatic N) is 2. The Balaban J connectivity index is 1.63. The highest BCUT2D eigenvalue weighted by molar-refractivity contribution is 7.89. The van der Waals surface area contributed by atoms with Gasteiger partial charge in [-0.05, 0) is 48.8 Å². The monoisotopic (exact) mass is 389 g/mol. The fourth-order valence-corrected chi connectivity index (χ4v) is 4.79. The number of hydrogen-bond donors (Lipinski definition) is 1. The van der Waals surface area contributed by atoms with Crippen LogP contribution in [0.1, 0.15) is 19.8 Å². The Morgan fingerprint density at radius 1 is 1.22 bits per heavy atom. The van der Waals surface area contributed by atoms with Crippen molar-refractivity contribution in [2.75, 3.05) is 33.2 Å². The maximum Gasteiger partial charge on any atom is 0.243 e. The van der Waals surface area contributed by atoms with Crippen LogP contribution in [0.4, 0.5) is 0 Å². The van der Waals surface area contributed by atoms with E-state index >= 15 is 0 Å². The molecule has 0 spiro atoms. The lowest BCUT2D eigenvalue weighted by molar-refractivity contribution is -0.121. The van der Waals surface area contributed by atoms with Gasteiger partial charge in [-0.1, -0.05) is 37.3 Å². The zero-order valence-corrected chi connectivity index (χ0v) is 16.7. The van der Waals surface area contributed by atoms with Gasteiger partial charge in [0.15, 0.2) is 0 Å². The molecule has 1 amide bonds. The minimum atomic E-state index is -3.72. The summed E-state index contributed by atoms with van der Waals surface area (Å²) in [5.41, 5.74) is 0. The zero-order chi connectivity index (χ0) is 19.4. The SMILES string of the molecule is CCN1CCCC1CNC(=O)CN(C)S(=O)(=O)c1ccc2ccccc2c1. The number of amides is 1. The average Bonchev–Trinajstić information content (AvgIpc) is 3.13. The first-order chi connectivity index (χ1) is 12.9. The van der Waals surface area contributed by atoms with Crippen molar-refractivity contribution in [1.82, 2.24) is 14.5 Å². The number of likely N-dealkylation sites (N-methyl/N-ethyl adjacent to an activating group) is 2. The maximum absolute atomic E-state index is 12.8. The van der Waals surface area contributed by atoms with Crippen LogP contribution in [-0.2, 0) is 14.8 Å². The number of rotatable bonds is 7. The predicted octanol–water partition coefficient (Wildman–Crippen LogP) is 2.06. The molecule has 1 aliphatic rings. The van der Waals surface area contributed by atoms with Crippen LogP contribution in [0.5, 0.6) is 0 Å². The van der Waals surface area contributed by atoms with E-state index in [1.807, 2.05) is 24.3 Å². The third kappa shape index (κ3) is 4.48. The summed E-state index contributed by atoms with van der Waals surface area (Å²) in [6, 6.07) is 13.0. The van der Waals surface area contributed by atoms with Crippen LogP contribution in [0.25, 0.3) is 10.8 Å². The highest BCUT2D eigenvalue weighted by Gasteiger charge is 2.25. The fraction of sp³-hybridized carbons (Fsp3) is 0.450. The van der Waals surface area contributed by atoms with E-state index in [1.165, 1.54) is 7.05 Å². The average molecular weight is 390 g/mol. The number of benzene rings is 2. The molecule has 1 saturated heterocycles. The van der Waals surface area contributed by atoms with Crippen molar-refractivity contribution in [2.24, 2.45) is 0 Å². The van der Waals surface area contributed by atoms with E-state index in [9.17, 15) is 13.2 Å². The number of sulfonamides is 1. The van der Waals surface area contributed by atoms with E-state index in [-0.39, 0.29) is 17.3 Å². The van der Waals surface area contributed by atoms with Crippen LogP contribution in [0.3, 0.4) is 0 Å². The number of likely N-dealkylation sites (tertiary alicyclic amines) is 1. The van der Waals surface area contributed by atoms with Gasteiger partial charge in [0.05, 0.1) is 11.4 Å². The standard InChI is InChI=1S/C20H27N3O3S/c1-3-23-12-6-9-18(23)14-21-20(24)15-22(2)27(25,26)19-11-10-16-7-4-5-8-17(16)13-19/h4-5,7-8,10-11,13,18H,3,6,9,12,14-15H2,1-2H3,(H,21,24). The van der Waals surface area contributed by atoms with Crippen molar-refractivity contribution in [2.45, 2.75) is 30.7 Å². The molecule has 27 heavy (non-hydrogen) atoms. The molecule has 1 heterocycles. The molecule has 146 valence electrons. The Labute approximate surface area is 161 Å². The van der Waals surface area contributed by atoms with Crippen molar-refractivity contribution in [3.05, 3.63) is 42.5 Å². The molecule has 0 bridgehead atoms. The van der Waals surface area contributed by atoms with Gasteiger partial charge in [-0.2, -0.15) is 4.31 Å². The molecule has 0 aliphatic carbocycles. The van der Waals surface area contributed by atoms with E-state index < -0.39 is 10.0 Å². The number of nitrogens with one attached hydrogen (secondary N) is 1. The quantitative estimate of drug-likeness (QED) is 0.787. The van der Waals surface area contributed by atoms with Crippen LogP contribution >= 0.6 is 0 Å². The largest absolute Gasteiger partial charge is 0.353 e. The molecule has 2 aromatic rings. The molecule has 1 fully saturated rings. The summed E-state index contributed by atoms with van der Waals surface area (Å²) in [5.74, 6) is -0.273. The lowest BCUT2D eigenvalue weighted by Crippen LogP contribution is -2.44. The summed E-state index contributed by atoms with van der Waals surface area (Å²) >= 11 is 0. The zero-order valence-electron chi connectivity index (χ0n) is 15.9. The van der Waals surface area contributed by atoms with Crippen molar-refractivity contribution in [1.29, 1.82) is 0 Å². The molecular weight excluding hydrogens is 362 g/mol. The lowest BCUT2D eigenvalue weighted by Gasteiger charge is -2.23. The number of carbonyl (C=O) groups is 1. The molecule has 1 unspecified atom stereocenters. The van der Waals surface area contributed by atoms with Gasteiger partial charge in [-0.15, -0.1) is 0 Å². The topological polar surface area (TPSA) is 69.7 Å². The van der Waals surface area contributed by atoms with Gasteiger partial charge in [-0.25, -0.2) is 8.42 Å². The van der Waals surface area contributed by atoms with Crippen molar-refractivity contribution in [3.63, 3.8) is 0 Å². The van der Waals surface area contributed by atoms with Gasteiger partial charge in [0.2, 0.25) is 15.9 Å². The highest BCUT2D eigenvalue weighted by atomic mass is 32.2. The minimum absolute atomic E-state index is 0.187. The summed E-state index contributed by atoms with van der Waals surface area (Å²) < 4.78 is 26.7.